The van der Waals surface area contributed by atoms with Gasteiger partial charge in [-0.1, -0.05) is 58.9 Å². The lowest BCUT2D eigenvalue weighted by Gasteiger charge is -2.23. The molecule has 0 saturated carbocycles. The zero-order valence-electron chi connectivity index (χ0n) is 20.8. The van der Waals surface area contributed by atoms with E-state index in [-0.39, 0.29) is 5.92 Å². The summed E-state index contributed by atoms with van der Waals surface area (Å²) in [4.78, 5) is 0. The van der Waals surface area contributed by atoms with Gasteiger partial charge in [-0.05, 0) is 71.9 Å². The van der Waals surface area contributed by atoms with Crippen molar-refractivity contribution >= 4 is 8.60 Å². The lowest BCUT2D eigenvalue weighted by atomic mass is 9.83. The highest BCUT2D eigenvalue weighted by molar-refractivity contribution is 7.42. The Kier molecular flexibility index (Phi) is 8.75. The Balaban J connectivity index is 2.16. The van der Waals surface area contributed by atoms with Gasteiger partial charge < -0.3 is 14.8 Å². The maximum Gasteiger partial charge on any atom is 0.397 e. The maximum absolute atomic E-state index is 6.41. The minimum absolute atomic E-state index is 0.199. The molecule has 1 heterocycles. The third-order valence-electron chi connectivity index (χ3n) is 5.95. The smallest absolute Gasteiger partial charge is 0.397 e. The lowest BCUT2D eigenvalue weighted by Crippen LogP contribution is -2.09. The molecule has 5 heteroatoms. The first-order valence-electron chi connectivity index (χ1n) is 11.9. The molecule has 0 aromatic heterocycles. The van der Waals surface area contributed by atoms with E-state index in [0.717, 1.165) is 24.2 Å². The van der Waals surface area contributed by atoms with Gasteiger partial charge in [-0.15, -0.1) is 0 Å². The second-order valence-corrected chi connectivity index (χ2v) is 11.1. The fourth-order valence-corrected chi connectivity index (χ4v) is 5.65. The molecule has 2 atom stereocenters. The van der Waals surface area contributed by atoms with Crippen LogP contribution in [-0.2, 0) is 28.5 Å². The van der Waals surface area contributed by atoms with E-state index in [9.17, 15) is 0 Å². The Bertz CT molecular complexity index is 926. The van der Waals surface area contributed by atoms with E-state index in [4.69, 9.17) is 19.3 Å². The predicted molar refractivity (Wildman–Crippen MR) is 134 cm³/mol. The normalized spacial score (nSPS) is 18.6. The van der Waals surface area contributed by atoms with Crippen molar-refractivity contribution in [2.24, 2.45) is 17.6 Å². The van der Waals surface area contributed by atoms with Gasteiger partial charge in [-0.3, -0.25) is 4.52 Å². The summed E-state index contributed by atoms with van der Waals surface area (Å²) >= 11 is 0. The number of hydrogen-bond donors (Lipinski definition) is 1. The van der Waals surface area contributed by atoms with E-state index >= 15 is 0 Å². The molecule has 0 amide bonds. The number of fused-ring (bicyclic) bond motifs is 2. The van der Waals surface area contributed by atoms with Crippen LogP contribution in [0.25, 0.3) is 0 Å². The number of aryl methyl sites for hydroxylation is 2. The van der Waals surface area contributed by atoms with Crippen molar-refractivity contribution in [1.82, 2.24) is 0 Å². The van der Waals surface area contributed by atoms with Gasteiger partial charge in [0, 0.05) is 18.0 Å². The second-order valence-electron chi connectivity index (χ2n) is 9.94. The van der Waals surface area contributed by atoms with Gasteiger partial charge in [0.25, 0.3) is 0 Å². The number of benzene rings is 2. The first-order chi connectivity index (χ1) is 15.2. The first kappa shape index (κ1) is 25.2. The molecule has 2 unspecified atom stereocenters. The Morgan fingerprint density at radius 2 is 1.56 bits per heavy atom. The number of nitrogens with two attached hydrogens (primary N) is 1. The molecule has 3 rings (SSSR count). The predicted octanol–water partition coefficient (Wildman–Crippen LogP) is 6.96. The van der Waals surface area contributed by atoms with Gasteiger partial charge in [0.1, 0.15) is 5.75 Å². The van der Waals surface area contributed by atoms with E-state index in [2.05, 4.69) is 72.7 Å². The SMILES string of the molecule is Cc1cc(CC(C)C)cc2c1COP(OCCN)Oc1c(C)cc(CC(C)C)cc1C2C. The van der Waals surface area contributed by atoms with Crippen LogP contribution in [0.3, 0.4) is 0 Å². The van der Waals surface area contributed by atoms with Gasteiger partial charge in [0.15, 0.2) is 0 Å². The van der Waals surface area contributed by atoms with Crippen LogP contribution in [0.2, 0.25) is 0 Å². The molecule has 2 aromatic rings. The summed E-state index contributed by atoms with van der Waals surface area (Å²) in [7, 11) is -1.52. The summed E-state index contributed by atoms with van der Waals surface area (Å²) in [6, 6.07) is 9.29. The summed E-state index contributed by atoms with van der Waals surface area (Å²) in [5.74, 6) is 2.31. The highest BCUT2D eigenvalue weighted by Crippen LogP contribution is 2.49. The molecule has 0 saturated heterocycles. The van der Waals surface area contributed by atoms with Crippen LogP contribution in [0.5, 0.6) is 5.75 Å². The zero-order valence-corrected chi connectivity index (χ0v) is 21.7. The standard InChI is InChI=1S/C27H40NO3P/c1-17(2)10-22-12-19(5)26-16-30-32(29-9-8-28)31-27-20(6)13-23(11-18(3)4)15-25(27)21(7)24(26)14-22/h12-15,17-18,21H,8-11,16,28H2,1-7H3. The van der Waals surface area contributed by atoms with Crippen LogP contribution < -0.4 is 10.3 Å². The number of hydrogen-bond acceptors (Lipinski definition) is 4. The van der Waals surface area contributed by atoms with Gasteiger partial charge >= 0.3 is 8.60 Å². The molecule has 0 radical (unpaired) electrons. The summed E-state index contributed by atoms with van der Waals surface area (Å²) in [5, 5.41) is 0. The van der Waals surface area contributed by atoms with Crippen LogP contribution in [-0.4, -0.2) is 13.2 Å². The van der Waals surface area contributed by atoms with Gasteiger partial charge in [-0.2, -0.15) is 0 Å². The van der Waals surface area contributed by atoms with E-state index < -0.39 is 8.60 Å². The van der Waals surface area contributed by atoms with E-state index in [1.807, 2.05) is 0 Å². The topological polar surface area (TPSA) is 53.7 Å². The molecule has 1 aliphatic rings. The zero-order chi connectivity index (χ0) is 23.4. The average Bonchev–Trinajstić information content (AvgIpc) is 2.75. The van der Waals surface area contributed by atoms with Crippen molar-refractivity contribution < 1.29 is 13.6 Å². The Labute approximate surface area is 195 Å². The molecule has 0 bridgehead atoms. The second kappa shape index (κ2) is 11.1. The minimum atomic E-state index is -1.52. The van der Waals surface area contributed by atoms with Crippen molar-refractivity contribution in [3.05, 3.63) is 63.2 Å². The highest BCUT2D eigenvalue weighted by atomic mass is 31.2. The fraction of sp³-hybridized carbons (Fsp3) is 0.556. The fourth-order valence-electron chi connectivity index (χ4n) is 4.58. The van der Waals surface area contributed by atoms with Crippen LogP contribution >= 0.6 is 8.60 Å². The minimum Gasteiger partial charge on any atom is -0.426 e. The molecule has 2 N–H and O–H groups in total. The first-order valence-corrected chi connectivity index (χ1v) is 13.0. The average molecular weight is 458 g/mol. The molecule has 0 fully saturated rings. The van der Waals surface area contributed by atoms with Gasteiger partial charge in [-0.25, -0.2) is 0 Å². The summed E-state index contributed by atoms with van der Waals surface area (Å²) in [6.45, 7) is 17.0. The van der Waals surface area contributed by atoms with Crippen molar-refractivity contribution in [2.45, 2.75) is 73.8 Å². The molecule has 32 heavy (non-hydrogen) atoms. The van der Waals surface area contributed by atoms with Crippen molar-refractivity contribution in [3.8, 4) is 5.75 Å². The number of rotatable bonds is 7. The van der Waals surface area contributed by atoms with E-state index in [0.29, 0.717) is 31.6 Å². The van der Waals surface area contributed by atoms with Gasteiger partial charge in [0.2, 0.25) is 0 Å². The highest BCUT2D eigenvalue weighted by Gasteiger charge is 2.28. The molecular weight excluding hydrogens is 417 g/mol. The molecule has 2 aromatic carbocycles. The Morgan fingerprint density at radius 3 is 2.16 bits per heavy atom. The van der Waals surface area contributed by atoms with Crippen molar-refractivity contribution in [1.29, 1.82) is 0 Å². The molecular formula is C27H40NO3P. The van der Waals surface area contributed by atoms with Crippen molar-refractivity contribution in [2.75, 3.05) is 13.2 Å². The Morgan fingerprint density at radius 1 is 0.969 bits per heavy atom. The molecule has 176 valence electrons. The molecule has 0 aliphatic carbocycles. The van der Waals surface area contributed by atoms with Crippen LogP contribution in [0.1, 0.15) is 79.5 Å². The van der Waals surface area contributed by atoms with Gasteiger partial charge in [0.05, 0.1) is 13.2 Å². The molecule has 0 spiro atoms. The molecule has 1 aliphatic heterocycles. The quantitative estimate of drug-likeness (QED) is 0.457. The summed E-state index contributed by atoms with van der Waals surface area (Å²) in [6.07, 6.45) is 2.12. The monoisotopic (exact) mass is 457 g/mol. The largest absolute Gasteiger partial charge is 0.426 e. The van der Waals surface area contributed by atoms with Crippen LogP contribution in [0, 0.1) is 25.7 Å². The molecule has 4 nitrogen and oxygen atoms in total. The van der Waals surface area contributed by atoms with Crippen molar-refractivity contribution in [3.63, 3.8) is 0 Å². The Hall–Kier alpha value is -1.45. The third kappa shape index (κ3) is 6.11. The van der Waals surface area contributed by atoms with E-state index in [1.165, 1.54) is 33.4 Å². The summed E-state index contributed by atoms with van der Waals surface area (Å²) in [5.41, 5.74) is 14.7. The van der Waals surface area contributed by atoms with Crippen LogP contribution in [0.4, 0.5) is 0 Å². The van der Waals surface area contributed by atoms with Crippen LogP contribution in [0.15, 0.2) is 24.3 Å². The lowest BCUT2D eigenvalue weighted by molar-refractivity contribution is 0.202. The maximum atomic E-state index is 6.41. The van der Waals surface area contributed by atoms with E-state index in [1.54, 1.807) is 0 Å². The third-order valence-corrected chi connectivity index (χ3v) is 7.01. The summed E-state index contributed by atoms with van der Waals surface area (Å²) < 4.78 is 18.5.